The van der Waals surface area contributed by atoms with Crippen molar-refractivity contribution in [1.82, 2.24) is 0 Å². The van der Waals surface area contributed by atoms with E-state index in [2.05, 4.69) is 0 Å². The standard InChI is InChI=1S/C3H4NO2P/c4-2-1-3-7(5)6/h1,3H2. The molecule has 0 bridgehead atoms. The van der Waals surface area contributed by atoms with Crippen molar-refractivity contribution in [2.45, 2.75) is 6.42 Å². The first-order valence-corrected chi connectivity index (χ1v) is 3.12. The molecule has 38 valence electrons. The minimum absolute atomic E-state index is 0.00810. The molecule has 3 nitrogen and oxygen atoms in total. The third kappa shape index (κ3) is 5.39. The summed E-state index contributed by atoms with van der Waals surface area (Å²) in [5.74, 6) is 0. The van der Waals surface area contributed by atoms with Crippen LogP contribution in [0.4, 0.5) is 0 Å². The fraction of sp³-hybridized carbons (Fsp3) is 0.667. The Labute approximate surface area is 41.8 Å². The highest BCUT2D eigenvalue weighted by atomic mass is 31.1. The van der Waals surface area contributed by atoms with Gasteiger partial charge in [0.05, 0.1) is 12.2 Å². The summed E-state index contributed by atoms with van der Waals surface area (Å²) in [5.41, 5.74) is 0. The smallest absolute Gasteiger partial charge is 0.237 e. The van der Waals surface area contributed by atoms with Gasteiger partial charge in [0.1, 0.15) is 0 Å². The molecular weight excluding hydrogens is 113 g/mol. The van der Waals surface area contributed by atoms with Crippen LogP contribution < -0.4 is 0 Å². The third-order valence-electron chi connectivity index (χ3n) is 0.406. The molecule has 0 N–H and O–H groups in total. The van der Waals surface area contributed by atoms with E-state index in [4.69, 9.17) is 5.26 Å². The monoisotopic (exact) mass is 117 g/mol. The van der Waals surface area contributed by atoms with Gasteiger partial charge in [0, 0.05) is 6.42 Å². The Balaban J connectivity index is 3.20. The molecule has 0 aromatic carbocycles. The lowest BCUT2D eigenvalue weighted by atomic mass is 10.6. The van der Waals surface area contributed by atoms with Crippen molar-refractivity contribution >= 4 is 7.68 Å². The first kappa shape index (κ1) is 6.39. The van der Waals surface area contributed by atoms with Crippen molar-refractivity contribution in [3.05, 3.63) is 0 Å². The minimum Gasteiger partial charge on any atom is -0.237 e. The Morgan fingerprint density at radius 3 is 2.29 bits per heavy atom. The number of nitrogens with zero attached hydrogens (tertiary/aromatic N) is 1. The molecule has 0 unspecified atom stereocenters. The molecule has 4 heteroatoms. The Hall–Kier alpha value is -0.610. The van der Waals surface area contributed by atoms with Crippen LogP contribution in [0.1, 0.15) is 6.42 Å². The minimum atomic E-state index is -2.33. The quantitative estimate of drug-likeness (QED) is 0.508. The second kappa shape index (κ2) is 3.58. The molecule has 0 amide bonds. The second-order valence-electron chi connectivity index (χ2n) is 0.964. The fourth-order valence-electron chi connectivity index (χ4n) is 0.141. The summed E-state index contributed by atoms with van der Waals surface area (Å²) in [6.07, 6.45) is 0.102. The maximum atomic E-state index is 9.64. The molecule has 0 aromatic rings. The normalized spacial score (nSPS) is 7.29. The van der Waals surface area contributed by atoms with Gasteiger partial charge in [-0.05, 0) is 0 Å². The maximum Gasteiger partial charge on any atom is 0.316 e. The summed E-state index contributed by atoms with van der Waals surface area (Å²) in [4.78, 5) is 0. The topological polar surface area (TPSA) is 57.9 Å². The van der Waals surface area contributed by atoms with Gasteiger partial charge < -0.3 is 0 Å². The van der Waals surface area contributed by atoms with Crippen LogP contribution in [-0.2, 0) is 9.13 Å². The van der Waals surface area contributed by atoms with E-state index in [9.17, 15) is 9.13 Å². The van der Waals surface area contributed by atoms with Gasteiger partial charge in [-0.1, -0.05) is 0 Å². The molecule has 0 atom stereocenters. The zero-order valence-electron chi connectivity index (χ0n) is 3.63. The molecule has 0 saturated carbocycles. The summed E-state index contributed by atoms with van der Waals surface area (Å²) < 4.78 is 19.3. The molecule has 0 heterocycles. The zero-order valence-corrected chi connectivity index (χ0v) is 4.52. The molecule has 0 aromatic heterocycles. The van der Waals surface area contributed by atoms with Crippen LogP contribution in [0.25, 0.3) is 0 Å². The predicted octanol–water partition coefficient (Wildman–Crippen LogP) is 1.07. The molecule has 0 spiro atoms. The van der Waals surface area contributed by atoms with Crippen molar-refractivity contribution in [2.24, 2.45) is 0 Å². The zero-order chi connectivity index (χ0) is 5.70. The highest BCUT2D eigenvalue weighted by Crippen LogP contribution is 2.02. The molecule has 0 aliphatic rings. The van der Waals surface area contributed by atoms with E-state index in [1.165, 1.54) is 0 Å². The summed E-state index contributed by atoms with van der Waals surface area (Å²) >= 11 is 0. The summed E-state index contributed by atoms with van der Waals surface area (Å²) in [6.45, 7) is 0. The van der Waals surface area contributed by atoms with Gasteiger partial charge in [-0.25, -0.2) is 9.13 Å². The SMILES string of the molecule is N#CCCP(=O)=O. The first-order chi connectivity index (χ1) is 3.27. The Morgan fingerprint density at radius 1 is 1.57 bits per heavy atom. The van der Waals surface area contributed by atoms with Crippen molar-refractivity contribution in [1.29, 1.82) is 5.26 Å². The number of hydrogen-bond donors (Lipinski definition) is 0. The van der Waals surface area contributed by atoms with Crippen LogP contribution in [0.3, 0.4) is 0 Å². The van der Waals surface area contributed by atoms with Gasteiger partial charge in [0.2, 0.25) is 0 Å². The fourth-order valence-corrected chi connectivity index (χ4v) is 0.424. The molecule has 0 fully saturated rings. The summed E-state index contributed by atoms with van der Waals surface area (Å²) in [7, 11) is -2.33. The summed E-state index contributed by atoms with van der Waals surface area (Å²) in [6, 6.07) is 1.72. The van der Waals surface area contributed by atoms with E-state index in [1.807, 2.05) is 0 Å². The van der Waals surface area contributed by atoms with Crippen LogP contribution in [0, 0.1) is 11.3 Å². The third-order valence-corrected chi connectivity index (χ3v) is 0.995. The maximum absolute atomic E-state index is 9.64. The lowest BCUT2D eigenvalue weighted by molar-refractivity contribution is 0.515. The van der Waals surface area contributed by atoms with E-state index in [0.717, 1.165) is 0 Å². The molecule has 7 heavy (non-hydrogen) atoms. The molecule has 0 rings (SSSR count). The van der Waals surface area contributed by atoms with Crippen molar-refractivity contribution in [2.75, 3.05) is 6.16 Å². The predicted molar refractivity (Wildman–Crippen MR) is 23.4 cm³/mol. The van der Waals surface area contributed by atoms with Crippen molar-refractivity contribution in [3.8, 4) is 6.07 Å². The van der Waals surface area contributed by atoms with Crippen LogP contribution >= 0.6 is 7.68 Å². The molecule has 0 aliphatic heterocycles. The lowest BCUT2D eigenvalue weighted by Crippen LogP contribution is -1.65. The molecule has 0 aliphatic carbocycles. The van der Waals surface area contributed by atoms with Crippen LogP contribution in [0.5, 0.6) is 0 Å². The lowest BCUT2D eigenvalue weighted by Gasteiger charge is -1.66. The van der Waals surface area contributed by atoms with Gasteiger partial charge in [-0.2, -0.15) is 5.26 Å². The van der Waals surface area contributed by atoms with E-state index < -0.39 is 7.68 Å². The Kier molecular flexibility index (Phi) is 3.26. The summed E-state index contributed by atoms with van der Waals surface area (Å²) in [5, 5.41) is 7.80. The van der Waals surface area contributed by atoms with E-state index in [1.54, 1.807) is 6.07 Å². The average molecular weight is 117 g/mol. The van der Waals surface area contributed by atoms with Crippen LogP contribution in [-0.4, -0.2) is 6.16 Å². The van der Waals surface area contributed by atoms with Crippen molar-refractivity contribution < 1.29 is 9.13 Å². The van der Waals surface area contributed by atoms with E-state index in [0.29, 0.717) is 0 Å². The number of rotatable bonds is 2. The number of nitriles is 1. The largest absolute Gasteiger partial charge is 0.316 e. The highest BCUT2D eigenvalue weighted by molar-refractivity contribution is 7.30. The second-order valence-corrected chi connectivity index (χ2v) is 2.08. The van der Waals surface area contributed by atoms with E-state index in [-0.39, 0.29) is 12.6 Å². The molecular formula is C3H4NO2P. The Bertz CT molecular complexity index is 136. The van der Waals surface area contributed by atoms with Gasteiger partial charge in [0.15, 0.2) is 0 Å². The van der Waals surface area contributed by atoms with Crippen LogP contribution in [0.15, 0.2) is 0 Å². The number of hydrogen-bond acceptors (Lipinski definition) is 3. The van der Waals surface area contributed by atoms with Crippen LogP contribution in [0.2, 0.25) is 0 Å². The van der Waals surface area contributed by atoms with Gasteiger partial charge >= 0.3 is 7.68 Å². The highest BCUT2D eigenvalue weighted by Gasteiger charge is 1.86. The van der Waals surface area contributed by atoms with E-state index >= 15 is 0 Å². The van der Waals surface area contributed by atoms with Gasteiger partial charge in [-0.15, -0.1) is 0 Å². The van der Waals surface area contributed by atoms with Gasteiger partial charge in [-0.3, -0.25) is 0 Å². The molecule has 0 saturated heterocycles. The average Bonchev–Trinajstić information content (AvgIpc) is 1.61. The molecule has 0 radical (unpaired) electrons. The first-order valence-electron chi connectivity index (χ1n) is 1.76. The van der Waals surface area contributed by atoms with Gasteiger partial charge in [0.25, 0.3) is 0 Å². The van der Waals surface area contributed by atoms with Crippen molar-refractivity contribution in [3.63, 3.8) is 0 Å². The Morgan fingerprint density at radius 2 is 2.14 bits per heavy atom.